The summed E-state index contributed by atoms with van der Waals surface area (Å²) in [7, 11) is 0. The van der Waals surface area contributed by atoms with Gasteiger partial charge in [-0.1, -0.05) is 15.9 Å². The molecule has 0 saturated carbocycles. The molecule has 1 aliphatic rings. The Hall–Kier alpha value is -0.610. The number of rotatable bonds is 1. The van der Waals surface area contributed by atoms with Crippen LogP contribution in [0.2, 0.25) is 0 Å². The van der Waals surface area contributed by atoms with E-state index in [0.717, 1.165) is 0 Å². The van der Waals surface area contributed by atoms with E-state index in [1.54, 1.807) is 11.4 Å². The second kappa shape index (κ2) is 4.07. The molecule has 0 atom stereocenters. The standard InChI is InChI=1S/C9H12BrN3/c10-8-1-2-12-9(7-8)13-5-3-11-4-6-13/h1-2,7,11H,3-6H2/i3D2,4D2,5D2,6D2. The van der Waals surface area contributed by atoms with E-state index in [4.69, 9.17) is 11.0 Å². The second-order valence-electron chi connectivity index (χ2n) is 2.27. The van der Waals surface area contributed by atoms with Crippen molar-refractivity contribution in [1.82, 2.24) is 10.3 Å². The van der Waals surface area contributed by atoms with Crippen LogP contribution in [0.4, 0.5) is 5.82 Å². The van der Waals surface area contributed by atoms with Gasteiger partial charge in [0.25, 0.3) is 0 Å². The first-order valence-electron chi connectivity index (χ1n) is 7.54. The van der Waals surface area contributed by atoms with E-state index in [9.17, 15) is 0 Å². The summed E-state index contributed by atoms with van der Waals surface area (Å²) in [6.45, 7) is -11.4. The van der Waals surface area contributed by atoms with Crippen LogP contribution in [0.1, 0.15) is 11.0 Å². The van der Waals surface area contributed by atoms with Crippen LogP contribution >= 0.6 is 15.9 Å². The second-order valence-corrected chi connectivity index (χ2v) is 3.18. The van der Waals surface area contributed by atoms with E-state index < -0.39 is 26.0 Å². The molecule has 2 rings (SSSR count). The minimum atomic E-state index is -2.87. The van der Waals surface area contributed by atoms with Crippen LogP contribution in [-0.4, -0.2) is 31.0 Å². The van der Waals surface area contributed by atoms with Crippen LogP contribution in [0.5, 0.6) is 0 Å². The first-order chi connectivity index (χ1) is 9.33. The zero-order valence-electron chi connectivity index (χ0n) is 14.5. The number of halogens is 1. The lowest BCUT2D eigenvalue weighted by molar-refractivity contribution is 0.585. The number of hydrogen-bond donors (Lipinski definition) is 1. The van der Waals surface area contributed by atoms with Crippen molar-refractivity contribution in [3.8, 4) is 0 Å². The van der Waals surface area contributed by atoms with Crippen LogP contribution in [0.25, 0.3) is 0 Å². The lowest BCUT2D eigenvalue weighted by atomic mass is 10.3. The maximum atomic E-state index is 7.92. The molecule has 2 heterocycles. The number of pyridine rings is 1. The molecule has 3 nitrogen and oxygen atoms in total. The van der Waals surface area contributed by atoms with E-state index in [0.29, 0.717) is 9.37 Å². The monoisotopic (exact) mass is 249 g/mol. The predicted octanol–water partition coefficient (Wildman–Crippen LogP) is 1.25. The fourth-order valence-corrected chi connectivity index (χ4v) is 1.18. The molecule has 1 aliphatic heterocycles. The Labute approximate surface area is 97.5 Å². The normalized spacial score (nSPS) is 42.1. The molecule has 0 aliphatic carbocycles. The van der Waals surface area contributed by atoms with Gasteiger partial charge >= 0.3 is 0 Å². The summed E-state index contributed by atoms with van der Waals surface area (Å²) in [5, 5.41) is 1.76. The zero-order valence-corrected chi connectivity index (χ0v) is 8.09. The highest BCUT2D eigenvalue weighted by Gasteiger charge is 2.10. The largest absolute Gasteiger partial charge is 0.354 e. The Kier molecular flexibility index (Phi) is 1.10. The maximum absolute atomic E-state index is 7.92. The zero-order chi connectivity index (χ0) is 16.3. The van der Waals surface area contributed by atoms with E-state index in [-0.39, 0.29) is 5.82 Å². The lowest BCUT2D eigenvalue weighted by Gasteiger charge is -2.28. The third-order valence-electron chi connectivity index (χ3n) is 1.40. The van der Waals surface area contributed by atoms with Crippen LogP contribution in [0.3, 0.4) is 0 Å². The SMILES string of the molecule is [2H]C1([2H])NC([2H])([2H])C([2H])([2H])N(c2cc(Br)ccn2)C1([2H])[2H]. The minimum Gasteiger partial charge on any atom is -0.354 e. The molecule has 13 heavy (non-hydrogen) atoms. The summed E-state index contributed by atoms with van der Waals surface area (Å²) in [4.78, 5) is 4.23. The van der Waals surface area contributed by atoms with E-state index in [2.05, 4.69) is 20.9 Å². The molecule has 1 N–H and O–H groups in total. The summed E-state index contributed by atoms with van der Waals surface area (Å²) >= 11 is 3.15. The first-order valence-corrected chi connectivity index (χ1v) is 4.33. The summed E-state index contributed by atoms with van der Waals surface area (Å²) in [5.74, 6) is -0.214. The molecule has 0 amide bonds. The smallest absolute Gasteiger partial charge is 0.129 e. The summed E-state index contributed by atoms with van der Waals surface area (Å²) in [6.07, 6.45) is 1.29. The number of anilines is 1. The topological polar surface area (TPSA) is 28.2 Å². The predicted molar refractivity (Wildman–Crippen MR) is 57.0 cm³/mol. The van der Waals surface area contributed by atoms with Gasteiger partial charge in [-0.25, -0.2) is 4.98 Å². The van der Waals surface area contributed by atoms with Crippen LogP contribution < -0.4 is 10.2 Å². The highest BCUT2D eigenvalue weighted by molar-refractivity contribution is 9.10. The Bertz CT molecular complexity index is 538. The molecule has 0 bridgehead atoms. The highest BCUT2D eigenvalue weighted by atomic mass is 79.9. The van der Waals surface area contributed by atoms with Gasteiger partial charge < -0.3 is 10.2 Å². The Morgan fingerprint density at radius 1 is 1.54 bits per heavy atom. The number of hydrogen-bond acceptors (Lipinski definition) is 3. The van der Waals surface area contributed by atoms with Gasteiger partial charge in [0.2, 0.25) is 0 Å². The molecule has 1 aromatic rings. The van der Waals surface area contributed by atoms with Crippen molar-refractivity contribution in [2.75, 3.05) is 30.9 Å². The number of aromatic nitrogens is 1. The molecule has 0 spiro atoms. The van der Waals surface area contributed by atoms with Gasteiger partial charge in [0, 0.05) is 42.1 Å². The van der Waals surface area contributed by atoms with Gasteiger partial charge in [-0.05, 0) is 12.1 Å². The molecule has 70 valence electrons. The highest BCUT2D eigenvalue weighted by Crippen LogP contribution is 2.16. The van der Waals surface area contributed by atoms with Gasteiger partial charge in [-0.15, -0.1) is 0 Å². The van der Waals surface area contributed by atoms with Crippen molar-refractivity contribution >= 4 is 21.7 Å². The summed E-state index contributed by atoms with van der Waals surface area (Å²) in [5.41, 5.74) is 0. The molecule has 0 radical (unpaired) electrons. The third kappa shape index (κ3) is 2.19. The fraction of sp³-hybridized carbons (Fsp3) is 0.444. The molecular weight excluding hydrogens is 230 g/mol. The molecule has 0 unspecified atom stereocenters. The van der Waals surface area contributed by atoms with Crippen molar-refractivity contribution in [3.63, 3.8) is 0 Å². The lowest BCUT2D eigenvalue weighted by Crippen LogP contribution is -2.43. The molecule has 1 fully saturated rings. The third-order valence-corrected chi connectivity index (χ3v) is 1.89. The fourth-order valence-electron chi connectivity index (χ4n) is 0.857. The Balaban J connectivity index is 2.67. The molecule has 1 aromatic heterocycles. The number of nitrogens with one attached hydrogen (secondary N) is 1. The van der Waals surface area contributed by atoms with Crippen molar-refractivity contribution in [1.29, 1.82) is 0 Å². The summed E-state index contributed by atoms with van der Waals surface area (Å²) < 4.78 is 62.9. The van der Waals surface area contributed by atoms with Crippen LogP contribution in [0, 0.1) is 0 Å². The molecule has 1 saturated heterocycles. The van der Waals surface area contributed by atoms with Crippen LogP contribution in [-0.2, 0) is 0 Å². The van der Waals surface area contributed by atoms with E-state index >= 15 is 0 Å². The molecule has 4 heteroatoms. The van der Waals surface area contributed by atoms with Crippen molar-refractivity contribution in [3.05, 3.63) is 22.8 Å². The average Bonchev–Trinajstić information content (AvgIpc) is 2.24. The molecular formula is C9H12BrN3. The van der Waals surface area contributed by atoms with Gasteiger partial charge in [0.15, 0.2) is 0 Å². The Morgan fingerprint density at radius 3 is 3.00 bits per heavy atom. The van der Waals surface area contributed by atoms with E-state index in [1.165, 1.54) is 12.3 Å². The summed E-state index contributed by atoms with van der Waals surface area (Å²) in [6, 6.07) is 2.84. The van der Waals surface area contributed by atoms with E-state index in [1.807, 2.05) is 0 Å². The van der Waals surface area contributed by atoms with Gasteiger partial charge in [0.1, 0.15) is 5.82 Å². The van der Waals surface area contributed by atoms with Gasteiger partial charge in [-0.2, -0.15) is 0 Å². The van der Waals surface area contributed by atoms with Crippen LogP contribution in [0.15, 0.2) is 22.8 Å². The van der Waals surface area contributed by atoms with Crippen molar-refractivity contribution < 1.29 is 11.0 Å². The maximum Gasteiger partial charge on any atom is 0.129 e. The minimum absolute atomic E-state index is 0.214. The average molecular weight is 250 g/mol. The number of piperazine rings is 1. The quantitative estimate of drug-likeness (QED) is 0.813. The van der Waals surface area contributed by atoms with Gasteiger partial charge in [-0.3, -0.25) is 0 Å². The van der Waals surface area contributed by atoms with Crippen molar-refractivity contribution in [2.45, 2.75) is 0 Å². The number of nitrogens with zero attached hydrogens (tertiary/aromatic N) is 2. The first kappa shape index (κ1) is 3.51. The van der Waals surface area contributed by atoms with Crippen molar-refractivity contribution in [2.24, 2.45) is 0 Å². The molecule has 0 aromatic carbocycles. The Morgan fingerprint density at radius 2 is 2.31 bits per heavy atom. The van der Waals surface area contributed by atoms with Gasteiger partial charge in [0.05, 0.1) is 5.48 Å².